The molecule has 2 aliphatic rings. The summed E-state index contributed by atoms with van der Waals surface area (Å²) >= 11 is 0. The Balaban J connectivity index is 1.44. The summed E-state index contributed by atoms with van der Waals surface area (Å²) in [6.45, 7) is 4.83. The zero-order valence-electron chi connectivity index (χ0n) is 18.9. The van der Waals surface area contributed by atoms with Gasteiger partial charge in [-0.25, -0.2) is 4.98 Å². The number of amides is 2. The first-order chi connectivity index (χ1) is 15.6. The smallest absolute Gasteiger partial charge is 0.224 e. The molecule has 1 aliphatic carbocycles. The molecule has 1 aliphatic heterocycles. The van der Waals surface area contributed by atoms with E-state index in [4.69, 9.17) is 4.42 Å². The van der Waals surface area contributed by atoms with Crippen LogP contribution in [0.2, 0.25) is 0 Å². The van der Waals surface area contributed by atoms with Crippen molar-refractivity contribution in [2.75, 3.05) is 19.6 Å². The molecule has 2 aromatic heterocycles. The van der Waals surface area contributed by atoms with E-state index in [0.717, 1.165) is 62.4 Å². The highest BCUT2D eigenvalue weighted by Gasteiger charge is 2.44. The molecule has 8 nitrogen and oxygen atoms in total. The van der Waals surface area contributed by atoms with Crippen LogP contribution >= 0.6 is 0 Å². The highest BCUT2D eigenvalue weighted by molar-refractivity contribution is 5.84. The second-order valence-electron chi connectivity index (χ2n) is 9.15. The van der Waals surface area contributed by atoms with Crippen LogP contribution in [-0.4, -0.2) is 52.4 Å². The summed E-state index contributed by atoms with van der Waals surface area (Å²) in [5.41, 5.74) is 1.00. The lowest BCUT2D eigenvalue weighted by Gasteiger charge is -2.31. The highest BCUT2D eigenvalue weighted by atomic mass is 16.3. The topological polar surface area (TPSA) is 103 Å². The number of hydrogen-bond acceptors (Lipinski definition) is 5. The van der Waals surface area contributed by atoms with Crippen LogP contribution in [-0.2, 0) is 22.6 Å². The second kappa shape index (κ2) is 10.8. The highest BCUT2D eigenvalue weighted by Crippen LogP contribution is 2.36. The number of carbonyl (C=O) groups excluding carboxylic acids is 2. The van der Waals surface area contributed by atoms with E-state index in [9.17, 15) is 9.59 Å². The fraction of sp³-hybridized carbons (Fsp3) is 0.625. The number of fused-ring (bicyclic) bond motifs is 1. The number of nitrogens with zero attached hydrogens (tertiary/aromatic N) is 2. The van der Waals surface area contributed by atoms with E-state index >= 15 is 0 Å². The third kappa shape index (κ3) is 5.79. The normalized spacial score (nSPS) is 25.0. The Labute approximate surface area is 189 Å². The van der Waals surface area contributed by atoms with Gasteiger partial charge in [0.25, 0.3) is 0 Å². The Kier molecular flexibility index (Phi) is 7.63. The number of aromatic amines is 1. The molecule has 32 heavy (non-hydrogen) atoms. The maximum atomic E-state index is 13.1. The van der Waals surface area contributed by atoms with E-state index in [1.807, 2.05) is 19.1 Å². The molecular formula is C24H35N5O3. The molecule has 8 heteroatoms. The van der Waals surface area contributed by atoms with Crippen molar-refractivity contribution in [3.8, 4) is 0 Å². The Hall–Kier alpha value is -2.61. The summed E-state index contributed by atoms with van der Waals surface area (Å²) in [5, 5.41) is 6.20. The van der Waals surface area contributed by atoms with E-state index in [0.29, 0.717) is 25.9 Å². The largest absolute Gasteiger partial charge is 0.465 e. The average Bonchev–Trinajstić information content (AvgIpc) is 3.52. The number of rotatable bonds is 6. The lowest BCUT2D eigenvalue weighted by molar-refractivity contribution is -0.127. The van der Waals surface area contributed by atoms with Crippen LogP contribution in [0, 0.1) is 18.8 Å². The molecule has 2 aromatic rings. The minimum absolute atomic E-state index is 0.0434. The van der Waals surface area contributed by atoms with Crippen LogP contribution < -0.4 is 10.6 Å². The van der Waals surface area contributed by atoms with E-state index in [1.54, 1.807) is 12.5 Å². The maximum absolute atomic E-state index is 13.1. The van der Waals surface area contributed by atoms with Crippen molar-refractivity contribution in [3.63, 3.8) is 0 Å². The lowest BCUT2D eigenvalue weighted by atomic mass is 10.00. The van der Waals surface area contributed by atoms with Gasteiger partial charge in [-0.15, -0.1) is 0 Å². The number of imidazole rings is 1. The van der Waals surface area contributed by atoms with Gasteiger partial charge in [0.15, 0.2) is 0 Å². The van der Waals surface area contributed by atoms with E-state index in [-0.39, 0.29) is 29.7 Å². The van der Waals surface area contributed by atoms with Gasteiger partial charge in [0.1, 0.15) is 11.5 Å². The SMILES string of the molecule is Cc1ccc(CN2CCCCCCNC(=O)[C@@H]3C[C@@H](C(=O)NCCc4cnc[nH]4)C[C@@H]32)o1. The van der Waals surface area contributed by atoms with Gasteiger partial charge in [0.2, 0.25) is 11.8 Å². The number of nitrogens with one attached hydrogen (secondary N) is 3. The van der Waals surface area contributed by atoms with Crippen molar-refractivity contribution in [2.24, 2.45) is 11.8 Å². The van der Waals surface area contributed by atoms with E-state index in [1.165, 1.54) is 0 Å². The van der Waals surface area contributed by atoms with E-state index in [2.05, 4.69) is 25.5 Å². The maximum Gasteiger partial charge on any atom is 0.224 e. The second-order valence-corrected chi connectivity index (χ2v) is 9.15. The molecule has 2 fully saturated rings. The molecule has 174 valence electrons. The van der Waals surface area contributed by atoms with Crippen molar-refractivity contribution >= 4 is 11.8 Å². The Morgan fingerprint density at radius 2 is 2.12 bits per heavy atom. The number of H-pyrrole nitrogens is 1. The van der Waals surface area contributed by atoms with Crippen LogP contribution in [0.3, 0.4) is 0 Å². The van der Waals surface area contributed by atoms with Crippen molar-refractivity contribution in [1.82, 2.24) is 25.5 Å². The fourth-order valence-corrected chi connectivity index (χ4v) is 5.07. The first-order valence-electron chi connectivity index (χ1n) is 11.9. The molecule has 0 aromatic carbocycles. The summed E-state index contributed by atoms with van der Waals surface area (Å²) in [4.78, 5) is 35.5. The Morgan fingerprint density at radius 3 is 2.91 bits per heavy atom. The third-order valence-electron chi connectivity index (χ3n) is 6.78. The predicted octanol–water partition coefficient (Wildman–Crippen LogP) is 2.56. The summed E-state index contributed by atoms with van der Waals surface area (Å²) in [6.07, 6.45) is 9.82. The fourth-order valence-electron chi connectivity index (χ4n) is 5.07. The van der Waals surface area contributed by atoms with Crippen LogP contribution in [0.15, 0.2) is 29.1 Å². The molecule has 2 amide bonds. The van der Waals surface area contributed by atoms with Gasteiger partial charge < -0.3 is 20.0 Å². The Bertz CT molecular complexity index is 878. The van der Waals surface area contributed by atoms with E-state index < -0.39 is 0 Å². The van der Waals surface area contributed by atoms with Crippen LogP contribution in [0.1, 0.15) is 55.7 Å². The number of aromatic nitrogens is 2. The van der Waals surface area contributed by atoms with Crippen molar-refractivity contribution in [3.05, 3.63) is 41.9 Å². The van der Waals surface area contributed by atoms with Crippen molar-refractivity contribution in [1.29, 1.82) is 0 Å². The molecule has 0 spiro atoms. The van der Waals surface area contributed by atoms with Gasteiger partial charge in [-0.2, -0.15) is 0 Å². The molecule has 0 unspecified atom stereocenters. The number of hydrogen-bond donors (Lipinski definition) is 3. The molecule has 1 saturated heterocycles. The van der Waals surface area contributed by atoms with Gasteiger partial charge in [-0.05, 0) is 51.3 Å². The molecular weight excluding hydrogens is 406 g/mol. The standard InChI is InChI=1S/C24H35N5O3/c1-17-6-7-20(32-17)15-29-11-5-3-2-4-9-26-24(31)21-12-18(13-22(21)29)23(30)27-10-8-19-14-25-16-28-19/h6-7,14,16,18,21-22H,2-5,8-13,15H2,1H3,(H,25,28)(H,26,31)(H,27,30)/t18-,21-,22+/m1/s1. The molecule has 0 bridgehead atoms. The van der Waals surface area contributed by atoms with Crippen molar-refractivity contribution in [2.45, 2.75) is 64.5 Å². The van der Waals surface area contributed by atoms with Crippen LogP contribution in [0.4, 0.5) is 0 Å². The summed E-state index contributed by atoms with van der Waals surface area (Å²) in [6, 6.07) is 4.04. The molecule has 1 saturated carbocycles. The Morgan fingerprint density at radius 1 is 1.25 bits per heavy atom. The quantitative estimate of drug-likeness (QED) is 0.639. The lowest BCUT2D eigenvalue weighted by Crippen LogP contribution is -2.44. The van der Waals surface area contributed by atoms with Crippen molar-refractivity contribution < 1.29 is 14.0 Å². The van der Waals surface area contributed by atoms with Gasteiger partial charge in [-0.3, -0.25) is 14.5 Å². The molecule has 3 heterocycles. The number of carbonyl (C=O) groups is 2. The molecule has 0 radical (unpaired) electrons. The zero-order chi connectivity index (χ0) is 22.3. The zero-order valence-corrected chi connectivity index (χ0v) is 18.9. The predicted molar refractivity (Wildman–Crippen MR) is 121 cm³/mol. The number of aryl methyl sites for hydroxylation is 1. The van der Waals surface area contributed by atoms with Crippen LogP contribution in [0.25, 0.3) is 0 Å². The minimum Gasteiger partial charge on any atom is -0.465 e. The summed E-state index contributed by atoms with van der Waals surface area (Å²) in [7, 11) is 0. The average molecular weight is 442 g/mol. The minimum atomic E-state index is -0.174. The van der Waals surface area contributed by atoms with Gasteiger partial charge in [-0.1, -0.05) is 12.8 Å². The molecule has 3 N–H and O–H groups in total. The third-order valence-corrected chi connectivity index (χ3v) is 6.78. The first kappa shape index (κ1) is 22.6. The monoisotopic (exact) mass is 441 g/mol. The summed E-state index contributed by atoms with van der Waals surface area (Å²) < 4.78 is 5.85. The van der Waals surface area contributed by atoms with Crippen LogP contribution in [0.5, 0.6) is 0 Å². The van der Waals surface area contributed by atoms with Gasteiger partial charge >= 0.3 is 0 Å². The van der Waals surface area contributed by atoms with Gasteiger partial charge in [0, 0.05) is 43.4 Å². The summed E-state index contributed by atoms with van der Waals surface area (Å²) in [5.74, 6) is 1.63. The first-order valence-corrected chi connectivity index (χ1v) is 11.9. The number of furan rings is 1. The van der Waals surface area contributed by atoms with Gasteiger partial charge in [0.05, 0.1) is 18.8 Å². The molecule has 4 rings (SSSR count). The molecule has 3 atom stereocenters.